The molecule has 0 aliphatic heterocycles. The Labute approximate surface area is 138 Å². The second-order valence-corrected chi connectivity index (χ2v) is 6.11. The number of carbonyl (C=O) groups excluding carboxylic acids is 1. The van der Waals surface area contributed by atoms with E-state index in [0.29, 0.717) is 17.5 Å². The number of benzene rings is 1. The smallest absolute Gasteiger partial charge is 0.257 e. The Balaban J connectivity index is 2.17. The highest BCUT2D eigenvalue weighted by Crippen LogP contribution is 2.24. The Kier molecular flexibility index (Phi) is 5.74. The van der Waals surface area contributed by atoms with Gasteiger partial charge in [0.25, 0.3) is 5.91 Å². The number of anilines is 2. The molecule has 2 aromatic rings. The molecule has 1 atom stereocenters. The summed E-state index contributed by atoms with van der Waals surface area (Å²) in [6, 6.07) is 10.1. The van der Waals surface area contributed by atoms with Gasteiger partial charge in [0.2, 0.25) is 0 Å². The van der Waals surface area contributed by atoms with Crippen LogP contribution in [0.2, 0.25) is 0 Å². The van der Waals surface area contributed by atoms with E-state index in [-0.39, 0.29) is 5.91 Å². The molecule has 1 aromatic carbocycles. The average molecular weight is 311 g/mol. The highest BCUT2D eigenvalue weighted by atomic mass is 16.1. The molecule has 4 nitrogen and oxygen atoms in total. The van der Waals surface area contributed by atoms with Gasteiger partial charge in [-0.1, -0.05) is 39.0 Å². The number of nitrogens with one attached hydrogen (secondary N) is 2. The van der Waals surface area contributed by atoms with Gasteiger partial charge in [-0.15, -0.1) is 0 Å². The van der Waals surface area contributed by atoms with Crippen molar-refractivity contribution >= 4 is 17.3 Å². The summed E-state index contributed by atoms with van der Waals surface area (Å²) < 4.78 is 0. The lowest BCUT2D eigenvalue weighted by Gasteiger charge is -2.15. The van der Waals surface area contributed by atoms with E-state index in [2.05, 4.69) is 43.3 Å². The molecule has 0 saturated heterocycles. The van der Waals surface area contributed by atoms with Crippen LogP contribution in [-0.4, -0.2) is 16.9 Å². The second-order valence-electron chi connectivity index (χ2n) is 6.11. The monoisotopic (exact) mass is 311 g/mol. The topological polar surface area (TPSA) is 54.0 Å². The molecule has 0 saturated carbocycles. The van der Waals surface area contributed by atoms with Gasteiger partial charge in [-0.05, 0) is 37.0 Å². The first-order valence-corrected chi connectivity index (χ1v) is 8.13. The van der Waals surface area contributed by atoms with Crippen LogP contribution in [0.4, 0.5) is 11.4 Å². The predicted octanol–water partition coefficient (Wildman–Crippen LogP) is 4.67. The van der Waals surface area contributed by atoms with Gasteiger partial charge in [0.1, 0.15) is 0 Å². The van der Waals surface area contributed by atoms with Crippen molar-refractivity contribution in [3.63, 3.8) is 0 Å². The minimum Gasteiger partial charge on any atom is -0.381 e. The molecule has 2 N–H and O–H groups in total. The number of para-hydroxylation sites is 1. The summed E-state index contributed by atoms with van der Waals surface area (Å²) >= 11 is 0. The third-order valence-electron chi connectivity index (χ3n) is 3.86. The quantitative estimate of drug-likeness (QED) is 0.815. The molecular formula is C19H25N3O. The van der Waals surface area contributed by atoms with Crippen LogP contribution < -0.4 is 10.6 Å². The molecule has 1 amide bonds. The summed E-state index contributed by atoms with van der Waals surface area (Å²) in [5, 5.41) is 6.33. The Morgan fingerprint density at radius 3 is 2.61 bits per heavy atom. The number of pyridine rings is 1. The largest absolute Gasteiger partial charge is 0.381 e. The van der Waals surface area contributed by atoms with Crippen molar-refractivity contribution in [3.8, 4) is 0 Å². The first-order valence-electron chi connectivity index (χ1n) is 8.13. The summed E-state index contributed by atoms with van der Waals surface area (Å²) in [6.45, 7) is 8.45. The second kappa shape index (κ2) is 7.77. The molecule has 4 heteroatoms. The average Bonchev–Trinajstić information content (AvgIpc) is 2.55. The van der Waals surface area contributed by atoms with Crippen LogP contribution >= 0.6 is 0 Å². The molecular weight excluding hydrogens is 286 g/mol. The molecule has 0 bridgehead atoms. The molecule has 122 valence electrons. The molecule has 0 spiro atoms. The number of aromatic nitrogens is 1. The molecule has 0 aliphatic rings. The maximum Gasteiger partial charge on any atom is 0.257 e. The SMILES string of the molecule is CCC(C)Nc1cncc(C(=O)Nc2ccccc2C(C)C)c1. The zero-order chi connectivity index (χ0) is 16.8. The third-order valence-corrected chi connectivity index (χ3v) is 3.86. The highest BCUT2D eigenvalue weighted by molar-refractivity contribution is 6.05. The Hall–Kier alpha value is -2.36. The molecule has 23 heavy (non-hydrogen) atoms. The molecule has 0 fully saturated rings. The van der Waals surface area contributed by atoms with E-state index in [1.165, 1.54) is 0 Å². The van der Waals surface area contributed by atoms with Crippen molar-refractivity contribution in [1.29, 1.82) is 0 Å². The predicted molar refractivity (Wildman–Crippen MR) is 96.1 cm³/mol. The Morgan fingerprint density at radius 2 is 1.91 bits per heavy atom. The van der Waals surface area contributed by atoms with Crippen LogP contribution in [0.5, 0.6) is 0 Å². The zero-order valence-corrected chi connectivity index (χ0v) is 14.3. The molecule has 0 radical (unpaired) electrons. The zero-order valence-electron chi connectivity index (χ0n) is 14.3. The molecule has 1 unspecified atom stereocenters. The minimum absolute atomic E-state index is 0.140. The van der Waals surface area contributed by atoms with Gasteiger partial charge in [0.15, 0.2) is 0 Å². The van der Waals surface area contributed by atoms with Crippen molar-refractivity contribution < 1.29 is 4.79 Å². The standard InChI is InChI=1S/C19H25N3O/c1-5-14(4)21-16-10-15(11-20-12-16)19(23)22-18-9-7-6-8-17(18)13(2)3/h6-14,21H,5H2,1-4H3,(H,22,23). The lowest BCUT2D eigenvalue weighted by atomic mass is 10.0. The van der Waals surface area contributed by atoms with Crippen LogP contribution in [0.25, 0.3) is 0 Å². The number of nitrogens with zero attached hydrogens (tertiary/aromatic N) is 1. The van der Waals surface area contributed by atoms with Gasteiger partial charge in [0, 0.05) is 24.1 Å². The lowest BCUT2D eigenvalue weighted by molar-refractivity contribution is 0.102. The van der Waals surface area contributed by atoms with Crippen molar-refractivity contribution in [2.24, 2.45) is 0 Å². The fourth-order valence-corrected chi connectivity index (χ4v) is 2.34. The van der Waals surface area contributed by atoms with Crippen LogP contribution in [0, 0.1) is 0 Å². The Morgan fingerprint density at radius 1 is 1.17 bits per heavy atom. The molecule has 1 heterocycles. The summed E-state index contributed by atoms with van der Waals surface area (Å²) in [6.07, 6.45) is 4.35. The number of carbonyl (C=O) groups is 1. The summed E-state index contributed by atoms with van der Waals surface area (Å²) in [5.41, 5.74) is 3.40. The maximum absolute atomic E-state index is 12.5. The summed E-state index contributed by atoms with van der Waals surface area (Å²) in [5.74, 6) is 0.210. The molecule has 2 rings (SSSR count). The normalized spacial score (nSPS) is 12.0. The molecule has 0 aliphatic carbocycles. The van der Waals surface area contributed by atoms with Crippen LogP contribution in [0.3, 0.4) is 0 Å². The number of hydrogen-bond donors (Lipinski definition) is 2. The van der Waals surface area contributed by atoms with E-state index in [1.807, 2.05) is 30.3 Å². The van der Waals surface area contributed by atoms with E-state index in [1.54, 1.807) is 12.4 Å². The van der Waals surface area contributed by atoms with Crippen molar-refractivity contribution in [1.82, 2.24) is 4.98 Å². The first kappa shape index (κ1) is 17.0. The van der Waals surface area contributed by atoms with Crippen LogP contribution in [0.1, 0.15) is 56.0 Å². The van der Waals surface area contributed by atoms with Gasteiger partial charge >= 0.3 is 0 Å². The fraction of sp³-hybridized carbons (Fsp3) is 0.368. The highest BCUT2D eigenvalue weighted by Gasteiger charge is 2.12. The number of rotatable bonds is 6. The summed E-state index contributed by atoms with van der Waals surface area (Å²) in [4.78, 5) is 16.7. The number of hydrogen-bond acceptors (Lipinski definition) is 3. The van der Waals surface area contributed by atoms with Gasteiger partial charge in [-0.25, -0.2) is 0 Å². The third kappa shape index (κ3) is 4.55. The fourth-order valence-electron chi connectivity index (χ4n) is 2.34. The number of amides is 1. The van der Waals surface area contributed by atoms with Crippen molar-refractivity contribution in [3.05, 3.63) is 53.9 Å². The minimum atomic E-state index is -0.140. The van der Waals surface area contributed by atoms with Gasteiger partial charge < -0.3 is 10.6 Å². The van der Waals surface area contributed by atoms with E-state index < -0.39 is 0 Å². The van der Waals surface area contributed by atoms with Crippen LogP contribution in [0.15, 0.2) is 42.7 Å². The van der Waals surface area contributed by atoms with Gasteiger partial charge in [-0.2, -0.15) is 0 Å². The van der Waals surface area contributed by atoms with Crippen LogP contribution in [-0.2, 0) is 0 Å². The van der Waals surface area contributed by atoms with E-state index in [4.69, 9.17) is 0 Å². The lowest BCUT2D eigenvalue weighted by Crippen LogP contribution is -2.16. The van der Waals surface area contributed by atoms with Gasteiger partial charge in [0.05, 0.1) is 11.3 Å². The van der Waals surface area contributed by atoms with E-state index >= 15 is 0 Å². The van der Waals surface area contributed by atoms with Crippen molar-refractivity contribution in [2.45, 2.75) is 46.1 Å². The van der Waals surface area contributed by atoms with E-state index in [0.717, 1.165) is 23.4 Å². The summed E-state index contributed by atoms with van der Waals surface area (Å²) in [7, 11) is 0. The Bertz CT molecular complexity index is 667. The van der Waals surface area contributed by atoms with Gasteiger partial charge in [-0.3, -0.25) is 9.78 Å². The maximum atomic E-state index is 12.5. The van der Waals surface area contributed by atoms with E-state index in [9.17, 15) is 4.79 Å². The van der Waals surface area contributed by atoms with Crippen molar-refractivity contribution in [2.75, 3.05) is 10.6 Å². The first-order chi connectivity index (χ1) is 11.0. The molecule has 1 aromatic heterocycles.